The maximum Gasteiger partial charge on any atom is 0.150 e. The Morgan fingerprint density at radius 3 is 3.00 bits per heavy atom. The number of aromatic nitrogens is 4. The number of methoxy groups -OCH3 is 1. The van der Waals surface area contributed by atoms with Crippen molar-refractivity contribution in [2.75, 3.05) is 38.7 Å². The first-order chi connectivity index (χ1) is 11.7. The van der Waals surface area contributed by atoms with Crippen molar-refractivity contribution in [1.82, 2.24) is 24.8 Å². The largest absolute Gasteiger partial charge is 0.383 e. The Morgan fingerprint density at radius 1 is 1.29 bits per heavy atom. The van der Waals surface area contributed by atoms with Gasteiger partial charge in [0.15, 0.2) is 0 Å². The summed E-state index contributed by atoms with van der Waals surface area (Å²) < 4.78 is 5.20. The summed E-state index contributed by atoms with van der Waals surface area (Å²) in [6.07, 6.45) is 7.34. The van der Waals surface area contributed by atoms with Crippen molar-refractivity contribution < 1.29 is 4.74 Å². The molecule has 0 amide bonds. The Bertz CT molecular complexity index is 651. The lowest BCUT2D eigenvalue weighted by atomic mass is 9.94. The average molecular weight is 328 g/mol. The smallest absolute Gasteiger partial charge is 0.150 e. The van der Waals surface area contributed by atoms with Gasteiger partial charge >= 0.3 is 0 Å². The first kappa shape index (κ1) is 16.7. The highest BCUT2D eigenvalue weighted by Crippen LogP contribution is 2.27. The van der Waals surface area contributed by atoms with Gasteiger partial charge in [-0.1, -0.05) is 0 Å². The van der Waals surface area contributed by atoms with Crippen LogP contribution in [-0.2, 0) is 4.74 Å². The number of hydrogen-bond donors (Lipinski definition) is 1. The van der Waals surface area contributed by atoms with Gasteiger partial charge in [0, 0.05) is 44.6 Å². The molecule has 0 aliphatic carbocycles. The van der Waals surface area contributed by atoms with E-state index in [4.69, 9.17) is 4.74 Å². The summed E-state index contributed by atoms with van der Waals surface area (Å²) in [5.41, 5.74) is 1.09. The number of nitrogens with one attached hydrogen (secondary N) is 1. The number of hydrogen-bond acceptors (Lipinski definition) is 7. The first-order valence-corrected chi connectivity index (χ1v) is 8.34. The highest BCUT2D eigenvalue weighted by atomic mass is 16.5. The molecule has 7 heteroatoms. The molecule has 1 N–H and O–H groups in total. The Balaban J connectivity index is 1.73. The number of piperidine rings is 1. The van der Waals surface area contributed by atoms with Gasteiger partial charge in [-0.05, 0) is 26.3 Å². The number of aryl methyl sites for hydroxylation is 1. The Labute approximate surface area is 142 Å². The van der Waals surface area contributed by atoms with Gasteiger partial charge in [0.1, 0.15) is 17.5 Å². The van der Waals surface area contributed by atoms with Crippen LogP contribution >= 0.6 is 0 Å². The van der Waals surface area contributed by atoms with Crippen LogP contribution in [0.5, 0.6) is 0 Å². The first-order valence-electron chi connectivity index (χ1n) is 8.34. The SMILES string of the molecule is COCCN1CCC[C@@H](c2cc(Nc3cnccn3)nc(C)n2)C1. The summed E-state index contributed by atoms with van der Waals surface area (Å²) in [4.78, 5) is 19.9. The third kappa shape index (κ3) is 4.46. The molecule has 0 radical (unpaired) electrons. The third-order valence-electron chi connectivity index (χ3n) is 4.21. The molecule has 0 spiro atoms. The normalized spacial score (nSPS) is 18.5. The molecule has 1 aliphatic heterocycles. The van der Waals surface area contributed by atoms with E-state index in [1.807, 2.05) is 13.0 Å². The van der Waals surface area contributed by atoms with Crippen LogP contribution in [0.2, 0.25) is 0 Å². The van der Waals surface area contributed by atoms with E-state index in [1.54, 1.807) is 25.7 Å². The molecule has 1 saturated heterocycles. The lowest BCUT2D eigenvalue weighted by molar-refractivity contribution is 0.127. The molecule has 0 unspecified atom stereocenters. The summed E-state index contributed by atoms with van der Waals surface area (Å²) in [5, 5.41) is 3.21. The molecule has 1 fully saturated rings. The molecule has 2 aromatic heterocycles. The van der Waals surface area contributed by atoms with Crippen LogP contribution in [0.3, 0.4) is 0 Å². The topological polar surface area (TPSA) is 76.1 Å². The zero-order valence-corrected chi connectivity index (χ0v) is 14.3. The Kier molecular flexibility index (Phi) is 5.66. The minimum atomic E-state index is 0.430. The van der Waals surface area contributed by atoms with Gasteiger partial charge in [-0.15, -0.1) is 0 Å². The van der Waals surface area contributed by atoms with Crippen molar-refractivity contribution >= 4 is 11.6 Å². The third-order valence-corrected chi connectivity index (χ3v) is 4.21. The zero-order chi connectivity index (χ0) is 16.8. The van der Waals surface area contributed by atoms with E-state index in [9.17, 15) is 0 Å². The van der Waals surface area contributed by atoms with Gasteiger partial charge in [-0.25, -0.2) is 15.0 Å². The fourth-order valence-corrected chi connectivity index (χ4v) is 3.08. The second-order valence-electron chi connectivity index (χ2n) is 6.07. The standard InChI is InChI=1S/C17H24N6O/c1-13-20-15(14-4-3-7-23(12-14)8-9-24-2)10-16(21-13)22-17-11-18-5-6-19-17/h5-6,10-11,14H,3-4,7-9,12H2,1-2H3,(H,19,20,21,22)/t14-/m1/s1. The monoisotopic (exact) mass is 328 g/mol. The lowest BCUT2D eigenvalue weighted by Gasteiger charge is -2.32. The van der Waals surface area contributed by atoms with Crippen molar-refractivity contribution in [3.63, 3.8) is 0 Å². The molecule has 2 aromatic rings. The van der Waals surface area contributed by atoms with E-state index in [0.29, 0.717) is 11.7 Å². The summed E-state index contributed by atoms with van der Waals surface area (Å²) in [7, 11) is 1.75. The van der Waals surface area contributed by atoms with Gasteiger partial charge < -0.3 is 15.0 Å². The van der Waals surface area contributed by atoms with Crippen molar-refractivity contribution in [2.45, 2.75) is 25.7 Å². The van der Waals surface area contributed by atoms with Crippen LogP contribution in [0.4, 0.5) is 11.6 Å². The lowest BCUT2D eigenvalue weighted by Crippen LogP contribution is -2.36. The number of likely N-dealkylation sites (tertiary alicyclic amines) is 1. The fourth-order valence-electron chi connectivity index (χ4n) is 3.08. The molecule has 1 aliphatic rings. The van der Waals surface area contributed by atoms with Crippen molar-refractivity contribution in [2.24, 2.45) is 0 Å². The summed E-state index contributed by atoms with van der Waals surface area (Å²) in [6.45, 7) is 5.83. The molecule has 0 aromatic carbocycles. The van der Waals surface area contributed by atoms with Crippen molar-refractivity contribution in [3.8, 4) is 0 Å². The number of nitrogens with zero attached hydrogens (tertiary/aromatic N) is 5. The van der Waals surface area contributed by atoms with Crippen LogP contribution in [-0.4, -0.2) is 58.2 Å². The number of anilines is 2. The van der Waals surface area contributed by atoms with E-state index in [1.165, 1.54) is 6.42 Å². The van der Waals surface area contributed by atoms with Gasteiger partial charge in [-0.2, -0.15) is 0 Å². The maximum atomic E-state index is 5.20. The maximum absolute atomic E-state index is 5.20. The summed E-state index contributed by atoms with van der Waals surface area (Å²) in [5.74, 6) is 2.66. The minimum Gasteiger partial charge on any atom is -0.383 e. The molecule has 0 bridgehead atoms. The van der Waals surface area contributed by atoms with E-state index in [-0.39, 0.29) is 0 Å². The molecule has 7 nitrogen and oxygen atoms in total. The quantitative estimate of drug-likeness (QED) is 0.870. The van der Waals surface area contributed by atoms with Gasteiger partial charge in [0.05, 0.1) is 18.5 Å². The molecule has 3 heterocycles. The van der Waals surface area contributed by atoms with Crippen LogP contribution in [0.25, 0.3) is 0 Å². The van der Waals surface area contributed by atoms with Gasteiger partial charge in [-0.3, -0.25) is 4.98 Å². The molecule has 3 rings (SSSR count). The zero-order valence-electron chi connectivity index (χ0n) is 14.3. The number of rotatable bonds is 6. The second kappa shape index (κ2) is 8.12. The van der Waals surface area contributed by atoms with E-state index in [2.05, 4.69) is 30.2 Å². The van der Waals surface area contributed by atoms with Crippen molar-refractivity contribution in [3.05, 3.63) is 36.2 Å². The summed E-state index contributed by atoms with van der Waals surface area (Å²) >= 11 is 0. The predicted octanol–water partition coefficient (Wildman–Crippen LogP) is 2.14. The molecular weight excluding hydrogens is 304 g/mol. The summed E-state index contributed by atoms with van der Waals surface area (Å²) in [6, 6.07) is 2.03. The molecule has 0 saturated carbocycles. The van der Waals surface area contributed by atoms with Crippen LogP contribution in [0.15, 0.2) is 24.7 Å². The molecule has 24 heavy (non-hydrogen) atoms. The van der Waals surface area contributed by atoms with Crippen molar-refractivity contribution in [1.29, 1.82) is 0 Å². The number of ether oxygens (including phenoxy) is 1. The van der Waals surface area contributed by atoms with E-state index < -0.39 is 0 Å². The van der Waals surface area contributed by atoms with Crippen LogP contribution in [0, 0.1) is 6.92 Å². The molecule has 128 valence electrons. The molecular formula is C17H24N6O. The van der Waals surface area contributed by atoms with Crippen LogP contribution in [0.1, 0.15) is 30.3 Å². The predicted molar refractivity (Wildman–Crippen MR) is 92.4 cm³/mol. The average Bonchev–Trinajstić information content (AvgIpc) is 2.60. The second-order valence-corrected chi connectivity index (χ2v) is 6.07. The Hall–Kier alpha value is -2.12. The molecule has 1 atom stereocenters. The fraction of sp³-hybridized carbons (Fsp3) is 0.529. The van der Waals surface area contributed by atoms with Crippen LogP contribution < -0.4 is 5.32 Å². The Morgan fingerprint density at radius 2 is 2.21 bits per heavy atom. The van der Waals surface area contributed by atoms with Gasteiger partial charge in [0.25, 0.3) is 0 Å². The minimum absolute atomic E-state index is 0.430. The van der Waals surface area contributed by atoms with E-state index >= 15 is 0 Å². The highest BCUT2D eigenvalue weighted by molar-refractivity contribution is 5.50. The highest BCUT2D eigenvalue weighted by Gasteiger charge is 2.23. The van der Waals surface area contributed by atoms with E-state index in [0.717, 1.165) is 50.0 Å². The van der Waals surface area contributed by atoms with Gasteiger partial charge in [0.2, 0.25) is 0 Å².